The second-order valence-electron chi connectivity index (χ2n) is 10.1. The van der Waals surface area contributed by atoms with Gasteiger partial charge in [0.2, 0.25) is 10.0 Å². The molecule has 0 aliphatic carbocycles. The SMILES string of the molecule is Cc1ccc(N(Cc2ccc(C(=O)N/N=C/c3cc(C)n(-c4ccccc4C(F)(F)F)c3C)cc2)S(C)(=O)=O)cc1C. The van der Waals surface area contributed by atoms with Gasteiger partial charge in [0.15, 0.2) is 0 Å². The van der Waals surface area contributed by atoms with Crippen molar-refractivity contribution in [3.05, 3.63) is 118 Å². The van der Waals surface area contributed by atoms with Crippen molar-refractivity contribution < 1.29 is 26.4 Å². The van der Waals surface area contributed by atoms with Crippen LogP contribution >= 0.6 is 0 Å². The number of aryl methyl sites for hydroxylation is 3. The number of hydrazone groups is 1. The number of hydrogen-bond donors (Lipinski definition) is 1. The molecule has 1 amide bonds. The van der Waals surface area contributed by atoms with Gasteiger partial charge in [-0.15, -0.1) is 0 Å². The van der Waals surface area contributed by atoms with Crippen molar-refractivity contribution in [2.75, 3.05) is 10.6 Å². The quantitative estimate of drug-likeness (QED) is 0.187. The number of amides is 1. The number of nitrogens with one attached hydrogen (secondary N) is 1. The minimum Gasteiger partial charge on any atom is -0.317 e. The van der Waals surface area contributed by atoms with E-state index in [2.05, 4.69) is 10.5 Å². The molecule has 0 saturated carbocycles. The Morgan fingerprint density at radius 3 is 2.24 bits per heavy atom. The summed E-state index contributed by atoms with van der Waals surface area (Å²) in [6.45, 7) is 7.34. The van der Waals surface area contributed by atoms with Gasteiger partial charge in [-0.25, -0.2) is 13.8 Å². The van der Waals surface area contributed by atoms with Crippen LogP contribution < -0.4 is 9.73 Å². The van der Waals surface area contributed by atoms with Crippen molar-refractivity contribution in [2.45, 2.75) is 40.4 Å². The molecular formula is C31H31F3N4O3S. The molecule has 1 N–H and O–H groups in total. The van der Waals surface area contributed by atoms with Gasteiger partial charge in [0, 0.05) is 22.5 Å². The average Bonchev–Trinajstić information content (AvgIpc) is 3.20. The first-order chi connectivity index (χ1) is 19.7. The van der Waals surface area contributed by atoms with E-state index in [1.165, 1.54) is 27.2 Å². The molecule has 0 radical (unpaired) electrons. The number of aromatic nitrogens is 1. The van der Waals surface area contributed by atoms with Gasteiger partial charge in [-0.2, -0.15) is 18.3 Å². The molecule has 11 heteroatoms. The summed E-state index contributed by atoms with van der Waals surface area (Å²) in [5.41, 5.74) is 6.93. The lowest BCUT2D eigenvalue weighted by Gasteiger charge is -2.23. The van der Waals surface area contributed by atoms with Crippen molar-refractivity contribution >= 4 is 27.8 Å². The molecule has 7 nitrogen and oxygen atoms in total. The van der Waals surface area contributed by atoms with Gasteiger partial charge < -0.3 is 4.57 Å². The Morgan fingerprint density at radius 1 is 0.952 bits per heavy atom. The molecule has 0 aliphatic heterocycles. The molecule has 0 bridgehead atoms. The van der Waals surface area contributed by atoms with Crippen LogP contribution in [0.4, 0.5) is 18.9 Å². The highest BCUT2D eigenvalue weighted by atomic mass is 32.2. The summed E-state index contributed by atoms with van der Waals surface area (Å²) < 4.78 is 68.6. The van der Waals surface area contributed by atoms with Gasteiger partial charge in [-0.1, -0.05) is 30.3 Å². The van der Waals surface area contributed by atoms with Gasteiger partial charge >= 0.3 is 6.18 Å². The zero-order valence-electron chi connectivity index (χ0n) is 23.8. The highest BCUT2D eigenvalue weighted by Gasteiger charge is 2.34. The van der Waals surface area contributed by atoms with Crippen LogP contribution in [0.2, 0.25) is 0 Å². The first-order valence-electron chi connectivity index (χ1n) is 13.0. The molecule has 0 fully saturated rings. The van der Waals surface area contributed by atoms with E-state index in [4.69, 9.17) is 0 Å². The van der Waals surface area contributed by atoms with E-state index in [9.17, 15) is 26.4 Å². The first-order valence-corrected chi connectivity index (χ1v) is 14.8. The summed E-state index contributed by atoms with van der Waals surface area (Å²) in [5, 5.41) is 4.01. The van der Waals surface area contributed by atoms with Crippen LogP contribution in [-0.4, -0.2) is 31.4 Å². The zero-order chi connectivity index (χ0) is 30.8. The van der Waals surface area contributed by atoms with Crippen molar-refractivity contribution in [1.29, 1.82) is 0 Å². The fraction of sp³-hybridized carbons (Fsp3) is 0.226. The number of para-hydroxylation sites is 1. The van der Waals surface area contributed by atoms with Gasteiger partial charge in [0.25, 0.3) is 5.91 Å². The largest absolute Gasteiger partial charge is 0.418 e. The highest BCUT2D eigenvalue weighted by molar-refractivity contribution is 7.92. The number of rotatable bonds is 8. The third kappa shape index (κ3) is 6.73. The molecule has 0 atom stereocenters. The third-order valence-electron chi connectivity index (χ3n) is 7.01. The molecule has 42 heavy (non-hydrogen) atoms. The van der Waals surface area contributed by atoms with Crippen LogP contribution in [0.15, 0.2) is 77.9 Å². The number of anilines is 1. The minimum absolute atomic E-state index is 0.00993. The van der Waals surface area contributed by atoms with E-state index < -0.39 is 27.7 Å². The van der Waals surface area contributed by atoms with Gasteiger partial charge in [0.1, 0.15) is 0 Å². The maximum atomic E-state index is 13.6. The Morgan fingerprint density at radius 2 is 1.62 bits per heavy atom. The predicted molar refractivity (Wildman–Crippen MR) is 159 cm³/mol. The smallest absolute Gasteiger partial charge is 0.317 e. The highest BCUT2D eigenvalue weighted by Crippen LogP contribution is 2.35. The molecule has 220 valence electrons. The summed E-state index contributed by atoms with van der Waals surface area (Å²) in [6, 6.07) is 19.0. The lowest BCUT2D eigenvalue weighted by atomic mass is 10.1. The Hall–Kier alpha value is -4.38. The number of halogens is 3. The van der Waals surface area contributed by atoms with Crippen molar-refractivity contribution in [1.82, 2.24) is 9.99 Å². The lowest BCUT2D eigenvalue weighted by molar-refractivity contribution is -0.137. The first kappa shape index (κ1) is 30.6. The number of sulfonamides is 1. The van der Waals surface area contributed by atoms with E-state index in [-0.39, 0.29) is 12.2 Å². The third-order valence-corrected chi connectivity index (χ3v) is 8.15. The number of benzene rings is 3. The maximum Gasteiger partial charge on any atom is 0.418 e. The van der Waals surface area contributed by atoms with E-state index in [0.717, 1.165) is 23.4 Å². The number of hydrogen-bond acceptors (Lipinski definition) is 4. The van der Waals surface area contributed by atoms with Crippen LogP contribution in [0.1, 0.15) is 49.6 Å². The zero-order valence-corrected chi connectivity index (χ0v) is 24.6. The Balaban J connectivity index is 1.47. The normalized spacial score (nSPS) is 12.1. The molecule has 1 heterocycles. The number of carbonyl (C=O) groups is 1. The van der Waals surface area contributed by atoms with Crippen LogP contribution in [-0.2, 0) is 22.7 Å². The van der Waals surface area contributed by atoms with Gasteiger partial charge in [-0.3, -0.25) is 9.10 Å². The van der Waals surface area contributed by atoms with Crippen LogP contribution in [0.5, 0.6) is 0 Å². The molecule has 0 unspecified atom stereocenters. The summed E-state index contributed by atoms with van der Waals surface area (Å²) in [7, 11) is -3.57. The monoisotopic (exact) mass is 596 g/mol. The molecule has 0 saturated heterocycles. The maximum absolute atomic E-state index is 13.6. The Labute approximate surface area is 243 Å². The minimum atomic E-state index is -4.51. The molecule has 0 aliphatic rings. The van der Waals surface area contributed by atoms with Crippen LogP contribution in [0.25, 0.3) is 5.69 Å². The molecule has 1 aromatic heterocycles. The number of alkyl halides is 3. The van der Waals surface area contributed by atoms with Crippen molar-refractivity contribution in [3.63, 3.8) is 0 Å². The molecular weight excluding hydrogens is 565 g/mol. The van der Waals surface area contributed by atoms with Gasteiger partial charge in [0.05, 0.1) is 36.0 Å². The van der Waals surface area contributed by atoms with Crippen molar-refractivity contribution in [2.24, 2.45) is 5.10 Å². The van der Waals surface area contributed by atoms with Crippen LogP contribution in [0.3, 0.4) is 0 Å². The van der Waals surface area contributed by atoms with Crippen molar-refractivity contribution in [3.8, 4) is 5.69 Å². The van der Waals surface area contributed by atoms with E-state index >= 15 is 0 Å². The molecule has 3 aromatic carbocycles. The lowest BCUT2D eigenvalue weighted by Crippen LogP contribution is -2.29. The summed E-state index contributed by atoms with van der Waals surface area (Å²) >= 11 is 0. The summed E-state index contributed by atoms with van der Waals surface area (Å²) in [5.74, 6) is -0.497. The number of carbonyl (C=O) groups excluding carboxylic acids is 1. The van der Waals surface area contributed by atoms with E-state index in [1.807, 2.05) is 26.0 Å². The molecule has 4 aromatic rings. The second-order valence-corrected chi connectivity index (χ2v) is 12.0. The van der Waals surface area contributed by atoms with Crippen LogP contribution in [0, 0.1) is 27.7 Å². The van der Waals surface area contributed by atoms with E-state index in [0.29, 0.717) is 33.8 Å². The Kier molecular flexibility index (Phi) is 8.63. The summed E-state index contributed by atoms with van der Waals surface area (Å²) in [6.07, 6.45) is -1.98. The summed E-state index contributed by atoms with van der Waals surface area (Å²) in [4.78, 5) is 12.7. The molecule has 0 spiro atoms. The standard InChI is InChI=1S/C31H31F3N4O3S/c1-20-10-15-27(16-21(20)2)37(42(5,40)41)19-24-11-13-25(14-12-24)30(39)36-35-18-26-17-22(3)38(23(26)4)29-9-7-6-8-28(29)31(32,33)34/h6-18H,19H2,1-5H3,(H,36,39)/b35-18+. The fourth-order valence-corrected chi connectivity index (χ4v) is 5.51. The molecule has 4 rings (SSSR count). The van der Waals surface area contributed by atoms with E-state index in [1.54, 1.807) is 56.3 Å². The van der Waals surface area contributed by atoms with Gasteiger partial charge in [-0.05, 0) is 86.8 Å². The topological polar surface area (TPSA) is 83.8 Å². The number of nitrogens with zero attached hydrogens (tertiary/aromatic N) is 3. The fourth-order valence-electron chi connectivity index (χ4n) is 4.63. The predicted octanol–water partition coefficient (Wildman–Crippen LogP) is 6.46. The average molecular weight is 597 g/mol. The Bertz CT molecular complexity index is 1760. The second kappa shape index (κ2) is 11.8.